The summed E-state index contributed by atoms with van der Waals surface area (Å²) in [7, 11) is 0. The first-order chi connectivity index (χ1) is 6.17. The van der Waals surface area contributed by atoms with E-state index in [1.54, 1.807) is 0 Å². The summed E-state index contributed by atoms with van der Waals surface area (Å²) >= 11 is 3.33. The molecule has 0 N–H and O–H groups in total. The molecule has 0 spiro atoms. The third-order valence-corrected chi connectivity index (χ3v) is 2.70. The minimum absolute atomic E-state index is 0.0152. The Hall–Kier alpha value is -0.630. The van der Waals surface area contributed by atoms with Gasteiger partial charge in [-0.2, -0.15) is 0 Å². The van der Waals surface area contributed by atoms with E-state index in [0.717, 1.165) is 11.8 Å². The number of hydrogen-bond acceptors (Lipinski definition) is 1. The second-order valence-corrected chi connectivity index (χ2v) is 3.97. The summed E-state index contributed by atoms with van der Waals surface area (Å²) in [5.74, 6) is -0.0152. The van der Waals surface area contributed by atoms with Gasteiger partial charge < -0.3 is 4.79 Å². The Morgan fingerprint density at radius 1 is 1.31 bits per heavy atom. The maximum absolute atomic E-state index is 10.7. The molecular formula is C11H13BrO. The SMILES string of the molecule is Cc1cc(C)cc(C(C=O)CBr)c1. The number of alkyl halides is 1. The zero-order valence-corrected chi connectivity index (χ0v) is 9.47. The van der Waals surface area contributed by atoms with Gasteiger partial charge in [-0.15, -0.1) is 0 Å². The summed E-state index contributed by atoms with van der Waals surface area (Å²) in [6.45, 7) is 4.10. The van der Waals surface area contributed by atoms with E-state index >= 15 is 0 Å². The molecule has 0 fully saturated rings. The second kappa shape index (κ2) is 4.56. The van der Waals surface area contributed by atoms with E-state index in [9.17, 15) is 4.79 Å². The maximum Gasteiger partial charge on any atom is 0.128 e. The van der Waals surface area contributed by atoms with Crippen LogP contribution >= 0.6 is 15.9 Å². The number of carbonyl (C=O) groups excluding carboxylic acids is 1. The lowest BCUT2D eigenvalue weighted by molar-refractivity contribution is -0.108. The van der Waals surface area contributed by atoms with Crippen molar-refractivity contribution < 1.29 is 4.79 Å². The average molecular weight is 241 g/mol. The van der Waals surface area contributed by atoms with Crippen LogP contribution in [-0.2, 0) is 4.79 Å². The summed E-state index contributed by atoms with van der Waals surface area (Å²) < 4.78 is 0. The van der Waals surface area contributed by atoms with Crippen LogP contribution in [0.4, 0.5) is 0 Å². The van der Waals surface area contributed by atoms with Crippen LogP contribution in [0.5, 0.6) is 0 Å². The molecule has 0 saturated carbocycles. The molecule has 0 aliphatic heterocycles. The van der Waals surface area contributed by atoms with Crippen LogP contribution in [0.15, 0.2) is 18.2 Å². The number of rotatable bonds is 3. The van der Waals surface area contributed by atoms with Crippen molar-refractivity contribution in [2.75, 3.05) is 5.33 Å². The van der Waals surface area contributed by atoms with Crippen molar-refractivity contribution >= 4 is 22.2 Å². The molecular weight excluding hydrogens is 228 g/mol. The van der Waals surface area contributed by atoms with Crippen LogP contribution < -0.4 is 0 Å². The molecule has 0 bridgehead atoms. The molecule has 0 aliphatic carbocycles. The molecule has 1 atom stereocenters. The largest absolute Gasteiger partial charge is 0.303 e. The second-order valence-electron chi connectivity index (χ2n) is 3.32. The average Bonchev–Trinajstić information content (AvgIpc) is 2.04. The summed E-state index contributed by atoms with van der Waals surface area (Å²) in [4.78, 5) is 10.7. The van der Waals surface area contributed by atoms with Gasteiger partial charge in [0.2, 0.25) is 0 Å². The molecule has 13 heavy (non-hydrogen) atoms. The topological polar surface area (TPSA) is 17.1 Å². The third kappa shape index (κ3) is 2.66. The van der Waals surface area contributed by atoms with Crippen molar-refractivity contribution in [2.45, 2.75) is 19.8 Å². The highest BCUT2D eigenvalue weighted by Gasteiger charge is 2.08. The van der Waals surface area contributed by atoms with Gasteiger partial charge in [-0.05, 0) is 19.4 Å². The van der Waals surface area contributed by atoms with Crippen molar-refractivity contribution in [3.63, 3.8) is 0 Å². The summed E-state index contributed by atoms with van der Waals surface area (Å²) in [6, 6.07) is 6.24. The smallest absolute Gasteiger partial charge is 0.128 e. The molecule has 70 valence electrons. The van der Waals surface area contributed by atoms with Gasteiger partial charge in [0.25, 0.3) is 0 Å². The Balaban J connectivity index is 3.05. The van der Waals surface area contributed by atoms with Crippen LogP contribution in [-0.4, -0.2) is 11.6 Å². The Kier molecular flexibility index (Phi) is 3.67. The van der Waals surface area contributed by atoms with Gasteiger partial charge in [0.05, 0.1) is 0 Å². The van der Waals surface area contributed by atoms with Crippen LogP contribution in [0.2, 0.25) is 0 Å². The predicted octanol–water partition coefficient (Wildman–Crippen LogP) is 2.98. The Labute approximate surface area is 87.3 Å². The van der Waals surface area contributed by atoms with Crippen molar-refractivity contribution in [3.8, 4) is 0 Å². The minimum Gasteiger partial charge on any atom is -0.303 e. The van der Waals surface area contributed by atoms with E-state index in [0.29, 0.717) is 5.33 Å². The lowest BCUT2D eigenvalue weighted by Gasteiger charge is -2.08. The molecule has 1 rings (SSSR count). The standard InChI is InChI=1S/C11H13BrO/c1-8-3-9(2)5-10(4-8)11(6-12)7-13/h3-5,7,11H,6H2,1-2H3. The normalized spacial score (nSPS) is 12.5. The number of hydrogen-bond donors (Lipinski definition) is 0. The maximum atomic E-state index is 10.7. The number of benzene rings is 1. The van der Waals surface area contributed by atoms with Gasteiger partial charge in [-0.1, -0.05) is 45.3 Å². The minimum atomic E-state index is -0.0152. The monoisotopic (exact) mass is 240 g/mol. The lowest BCUT2D eigenvalue weighted by Crippen LogP contribution is -2.02. The highest BCUT2D eigenvalue weighted by molar-refractivity contribution is 9.09. The van der Waals surface area contributed by atoms with Crippen molar-refractivity contribution in [1.82, 2.24) is 0 Å². The van der Waals surface area contributed by atoms with E-state index in [-0.39, 0.29) is 5.92 Å². The van der Waals surface area contributed by atoms with E-state index in [1.807, 2.05) is 13.8 Å². The van der Waals surface area contributed by atoms with Crippen molar-refractivity contribution in [3.05, 3.63) is 34.9 Å². The first-order valence-corrected chi connectivity index (χ1v) is 5.39. The van der Waals surface area contributed by atoms with Gasteiger partial charge in [-0.25, -0.2) is 0 Å². The first-order valence-electron chi connectivity index (χ1n) is 4.27. The fourth-order valence-electron chi connectivity index (χ4n) is 1.43. The molecule has 1 unspecified atom stereocenters. The van der Waals surface area contributed by atoms with Gasteiger partial charge in [0.1, 0.15) is 6.29 Å². The zero-order chi connectivity index (χ0) is 9.84. The number of carbonyl (C=O) groups is 1. The van der Waals surface area contributed by atoms with Crippen LogP contribution in [0, 0.1) is 13.8 Å². The highest BCUT2D eigenvalue weighted by Crippen LogP contribution is 2.19. The van der Waals surface area contributed by atoms with Crippen LogP contribution in [0.1, 0.15) is 22.6 Å². The van der Waals surface area contributed by atoms with Crippen LogP contribution in [0.25, 0.3) is 0 Å². The molecule has 0 aliphatic rings. The summed E-state index contributed by atoms with van der Waals surface area (Å²) in [5.41, 5.74) is 3.52. The van der Waals surface area contributed by atoms with E-state index < -0.39 is 0 Å². The van der Waals surface area contributed by atoms with E-state index in [4.69, 9.17) is 0 Å². The highest BCUT2D eigenvalue weighted by atomic mass is 79.9. The number of halogens is 1. The quantitative estimate of drug-likeness (QED) is 0.587. The first kappa shape index (κ1) is 10.5. The Morgan fingerprint density at radius 3 is 2.23 bits per heavy atom. The van der Waals surface area contributed by atoms with Crippen molar-refractivity contribution in [1.29, 1.82) is 0 Å². The molecule has 0 radical (unpaired) electrons. The summed E-state index contributed by atoms with van der Waals surface area (Å²) in [6.07, 6.45) is 0.989. The fraction of sp³-hybridized carbons (Fsp3) is 0.364. The predicted molar refractivity (Wildman–Crippen MR) is 58.5 cm³/mol. The molecule has 1 aromatic rings. The van der Waals surface area contributed by atoms with Crippen LogP contribution in [0.3, 0.4) is 0 Å². The van der Waals surface area contributed by atoms with Gasteiger partial charge in [0, 0.05) is 11.2 Å². The zero-order valence-electron chi connectivity index (χ0n) is 7.88. The molecule has 1 nitrogen and oxygen atoms in total. The lowest BCUT2D eigenvalue weighted by atomic mass is 9.98. The van der Waals surface area contributed by atoms with Gasteiger partial charge in [0.15, 0.2) is 0 Å². The Morgan fingerprint density at radius 2 is 1.85 bits per heavy atom. The van der Waals surface area contributed by atoms with Gasteiger partial charge >= 0.3 is 0 Å². The molecule has 1 aromatic carbocycles. The number of aryl methyl sites for hydroxylation is 2. The van der Waals surface area contributed by atoms with Crippen molar-refractivity contribution in [2.24, 2.45) is 0 Å². The molecule has 0 heterocycles. The molecule has 0 saturated heterocycles. The van der Waals surface area contributed by atoms with Gasteiger partial charge in [-0.3, -0.25) is 0 Å². The molecule has 0 aromatic heterocycles. The fourth-order valence-corrected chi connectivity index (χ4v) is 1.95. The molecule has 2 heteroatoms. The Bertz CT molecular complexity index is 287. The molecule has 0 amide bonds. The number of aldehydes is 1. The summed E-state index contributed by atoms with van der Waals surface area (Å²) in [5, 5.41) is 0.694. The third-order valence-electron chi connectivity index (χ3n) is 2.00. The van der Waals surface area contributed by atoms with E-state index in [2.05, 4.69) is 34.1 Å². The van der Waals surface area contributed by atoms with E-state index in [1.165, 1.54) is 11.1 Å².